The van der Waals surface area contributed by atoms with Crippen molar-refractivity contribution in [3.8, 4) is 23.5 Å². The van der Waals surface area contributed by atoms with Gasteiger partial charge in [0.25, 0.3) is 0 Å². The summed E-state index contributed by atoms with van der Waals surface area (Å²) < 4.78 is 5.13. The quantitative estimate of drug-likeness (QED) is 0.668. The van der Waals surface area contributed by atoms with E-state index in [9.17, 15) is 5.11 Å². The fourth-order valence-electron chi connectivity index (χ4n) is 2.32. The summed E-state index contributed by atoms with van der Waals surface area (Å²) in [7, 11) is 1.64. The van der Waals surface area contributed by atoms with Crippen molar-refractivity contribution in [1.82, 2.24) is 4.98 Å². The van der Waals surface area contributed by atoms with Crippen molar-refractivity contribution >= 4 is 10.9 Å². The number of aromatic nitrogens is 1. The molecule has 0 amide bonds. The largest absolute Gasteiger partial charge is 0.497 e. The fourth-order valence-corrected chi connectivity index (χ4v) is 2.32. The van der Waals surface area contributed by atoms with Gasteiger partial charge in [-0.05, 0) is 43.3 Å². The van der Waals surface area contributed by atoms with Gasteiger partial charge in [0.05, 0.1) is 7.11 Å². The van der Waals surface area contributed by atoms with Crippen molar-refractivity contribution in [3.63, 3.8) is 0 Å². The highest BCUT2D eigenvalue weighted by Gasteiger charge is 2.08. The lowest BCUT2D eigenvalue weighted by Gasteiger charge is -1.98. The van der Waals surface area contributed by atoms with Crippen LogP contribution in [0.15, 0.2) is 42.5 Å². The second kappa shape index (κ2) is 5.26. The van der Waals surface area contributed by atoms with E-state index in [0.29, 0.717) is 0 Å². The highest BCUT2D eigenvalue weighted by atomic mass is 16.5. The van der Waals surface area contributed by atoms with E-state index in [-0.39, 0.29) is 5.88 Å². The number of ether oxygens (including phenoxy) is 1. The maximum Gasteiger partial charge on any atom is 0.192 e. The second-order valence-corrected chi connectivity index (χ2v) is 4.81. The van der Waals surface area contributed by atoms with E-state index >= 15 is 0 Å². The molecule has 3 heteroatoms. The molecule has 21 heavy (non-hydrogen) atoms. The number of benzene rings is 2. The molecule has 1 heterocycles. The molecule has 0 saturated heterocycles. The number of rotatable bonds is 1. The van der Waals surface area contributed by atoms with Crippen LogP contribution in [0.2, 0.25) is 0 Å². The van der Waals surface area contributed by atoms with E-state index in [1.54, 1.807) is 7.11 Å². The topological polar surface area (TPSA) is 45.2 Å². The summed E-state index contributed by atoms with van der Waals surface area (Å²) >= 11 is 0. The zero-order chi connectivity index (χ0) is 14.8. The van der Waals surface area contributed by atoms with Gasteiger partial charge in [-0.25, -0.2) is 0 Å². The van der Waals surface area contributed by atoms with E-state index in [0.717, 1.165) is 33.3 Å². The first-order chi connectivity index (χ1) is 10.2. The maximum atomic E-state index is 9.79. The molecule has 2 aromatic carbocycles. The third-order valence-corrected chi connectivity index (χ3v) is 3.48. The first-order valence-corrected chi connectivity index (χ1v) is 6.65. The molecule has 0 bridgehead atoms. The maximum absolute atomic E-state index is 9.79. The number of aryl methyl sites for hydroxylation is 1. The van der Waals surface area contributed by atoms with E-state index in [2.05, 4.69) is 16.8 Å². The smallest absolute Gasteiger partial charge is 0.192 e. The molecular weight excluding hydrogens is 262 g/mol. The zero-order valence-electron chi connectivity index (χ0n) is 11.9. The molecule has 0 spiro atoms. The Morgan fingerprint density at radius 2 is 1.81 bits per heavy atom. The molecule has 0 fully saturated rings. The molecule has 3 rings (SSSR count). The van der Waals surface area contributed by atoms with E-state index in [1.165, 1.54) is 0 Å². The van der Waals surface area contributed by atoms with Crippen molar-refractivity contribution in [3.05, 3.63) is 59.2 Å². The summed E-state index contributed by atoms with van der Waals surface area (Å²) in [6, 6.07) is 13.4. The normalized spacial score (nSPS) is 10.2. The molecular formula is C18H15NO2. The van der Waals surface area contributed by atoms with Crippen molar-refractivity contribution < 1.29 is 9.84 Å². The minimum atomic E-state index is 0.198. The molecule has 0 aliphatic carbocycles. The van der Waals surface area contributed by atoms with Crippen LogP contribution in [0.1, 0.15) is 16.7 Å². The fraction of sp³-hybridized carbons (Fsp3) is 0.111. The van der Waals surface area contributed by atoms with Gasteiger partial charge in [0, 0.05) is 27.6 Å². The van der Waals surface area contributed by atoms with Crippen LogP contribution in [0.5, 0.6) is 11.6 Å². The standard InChI is InChI=1S/C18H15NO2/c1-12-17-14(4-3-5-16(17)19-18(12)20)9-6-13-7-10-15(21-2)11-8-13/h3-5,7-8,10-11,19-20H,1-2H3. The van der Waals surface area contributed by atoms with Crippen molar-refractivity contribution in [2.45, 2.75) is 6.92 Å². The van der Waals surface area contributed by atoms with Crippen LogP contribution < -0.4 is 4.74 Å². The van der Waals surface area contributed by atoms with Gasteiger partial charge in [-0.2, -0.15) is 0 Å². The van der Waals surface area contributed by atoms with Crippen molar-refractivity contribution in [1.29, 1.82) is 0 Å². The predicted octanol–water partition coefficient (Wildman–Crippen LogP) is 3.59. The van der Waals surface area contributed by atoms with Gasteiger partial charge in [-0.15, -0.1) is 0 Å². The molecule has 104 valence electrons. The summed E-state index contributed by atoms with van der Waals surface area (Å²) in [5.41, 5.74) is 3.54. The molecule has 0 saturated carbocycles. The van der Waals surface area contributed by atoms with Gasteiger partial charge in [-0.3, -0.25) is 0 Å². The minimum Gasteiger partial charge on any atom is -0.497 e. The second-order valence-electron chi connectivity index (χ2n) is 4.81. The molecule has 3 aromatic rings. The van der Waals surface area contributed by atoms with Gasteiger partial charge in [0.15, 0.2) is 5.88 Å². The number of hydrogen-bond acceptors (Lipinski definition) is 2. The lowest BCUT2D eigenvalue weighted by Crippen LogP contribution is -1.82. The Morgan fingerprint density at radius 1 is 1.05 bits per heavy atom. The predicted molar refractivity (Wildman–Crippen MR) is 83.7 cm³/mol. The number of aromatic hydroxyl groups is 1. The van der Waals surface area contributed by atoms with Gasteiger partial charge >= 0.3 is 0 Å². The van der Waals surface area contributed by atoms with Crippen LogP contribution in [-0.2, 0) is 0 Å². The zero-order valence-corrected chi connectivity index (χ0v) is 11.9. The number of H-pyrrole nitrogens is 1. The van der Waals surface area contributed by atoms with Crippen LogP contribution in [0.3, 0.4) is 0 Å². The summed E-state index contributed by atoms with van der Waals surface area (Å²) in [6.45, 7) is 1.88. The lowest BCUT2D eigenvalue weighted by atomic mass is 10.1. The summed E-state index contributed by atoms with van der Waals surface area (Å²) in [6.07, 6.45) is 0. The Balaban J connectivity index is 2.04. The van der Waals surface area contributed by atoms with Crippen LogP contribution >= 0.6 is 0 Å². The number of aromatic amines is 1. The summed E-state index contributed by atoms with van der Waals surface area (Å²) in [5, 5.41) is 10.8. The SMILES string of the molecule is COc1ccc(C#Cc2cccc3[nH]c(O)c(C)c23)cc1. The van der Waals surface area contributed by atoms with Crippen LogP contribution in [-0.4, -0.2) is 17.2 Å². The first kappa shape index (κ1) is 13.1. The molecule has 2 N–H and O–H groups in total. The average Bonchev–Trinajstić information content (AvgIpc) is 2.81. The minimum absolute atomic E-state index is 0.198. The average molecular weight is 277 g/mol. The van der Waals surface area contributed by atoms with Crippen LogP contribution in [0.4, 0.5) is 0 Å². The Kier molecular flexibility index (Phi) is 3.29. The number of methoxy groups -OCH3 is 1. The van der Waals surface area contributed by atoms with Gasteiger partial charge in [0.2, 0.25) is 0 Å². The van der Waals surface area contributed by atoms with E-state index in [1.807, 2.05) is 49.4 Å². The monoisotopic (exact) mass is 277 g/mol. The Hall–Kier alpha value is -2.86. The van der Waals surface area contributed by atoms with Crippen LogP contribution in [0, 0.1) is 18.8 Å². The molecule has 0 atom stereocenters. The molecule has 0 aliphatic heterocycles. The van der Waals surface area contributed by atoms with Gasteiger partial charge in [0.1, 0.15) is 5.75 Å². The van der Waals surface area contributed by atoms with Gasteiger partial charge < -0.3 is 14.8 Å². The number of fused-ring (bicyclic) bond motifs is 1. The lowest BCUT2D eigenvalue weighted by molar-refractivity contribution is 0.415. The number of nitrogens with one attached hydrogen (secondary N) is 1. The highest BCUT2D eigenvalue weighted by molar-refractivity contribution is 5.91. The summed E-state index contributed by atoms with van der Waals surface area (Å²) in [4.78, 5) is 2.95. The van der Waals surface area contributed by atoms with E-state index in [4.69, 9.17) is 4.74 Å². The third-order valence-electron chi connectivity index (χ3n) is 3.48. The Morgan fingerprint density at radius 3 is 2.52 bits per heavy atom. The number of hydrogen-bond donors (Lipinski definition) is 2. The highest BCUT2D eigenvalue weighted by Crippen LogP contribution is 2.28. The van der Waals surface area contributed by atoms with E-state index < -0.39 is 0 Å². The van der Waals surface area contributed by atoms with Gasteiger partial charge in [-0.1, -0.05) is 17.9 Å². The van der Waals surface area contributed by atoms with Crippen molar-refractivity contribution in [2.24, 2.45) is 0 Å². The Labute approximate surface area is 123 Å². The Bertz CT molecular complexity index is 849. The molecule has 0 unspecified atom stereocenters. The first-order valence-electron chi connectivity index (χ1n) is 6.65. The molecule has 0 aliphatic rings. The third kappa shape index (κ3) is 2.44. The molecule has 1 aromatic heterocycles. The van der Waals surface area contributed by atoms with Crippen LogP contribution in [0.25, 0.3) is 10.9 Å². The summed E-state index contributed by atoms with van der Waals surface area (Å²) in [5.74, 6) is 7.33. The molecule has 3 nitrogen and oxygen atoms in total. The van der Waals surface area contributed by atoms with Crippen molar-refractivity contribution in [2.75, 3.05) is 7.11 Å². The molecule has 0 radical (unpaired) electrons.